The third-order valence-electron chi connectivity index (χ3n) is 3.33. The maximum absolute atomic E-state index is 4.51. The van der Waals surface area contributed by atoms with Crippen LogP contribution in [-0.2, 0) is 6.42 Å². The Labute approximate surface area is 110 Å². The lowest BCUT2D eigenvalue weighted by Gasteiger charge is -2.13. The summed E-state index contributed by atoms with van der Waals surface area (Å²) in [5.41, 5.74) is 1.12. The molecule has 0 aromatic carbocycles. The van der Waals surface area contributed by atoms with Gasteiger partial charge in [-0.25, -0.2) is 4.98 Å². The molecule has 2 rings (SSSR count). The average molecular weight is 248 g/mol. The Morgan fingerprint density at radius 3 is 2.89 bits per heavy atom. The average Bonchev–Trinajstić information content (AvgIpc) is 2.60. The predicted octanol–water partition coefficient (Wildman–Crippen LogP) is 2.23. The van der Waals surface area contributed by atoms with Crippen molar-refractivity contribution in [1.29, 1.82) is 0 Å². The first kappa shape index (κ1) is 13.3. The molecule has 1 unspecified atom stereocenters. The van der Waals surface area contributed by atoms with Crippen molar-refractivity contribution in [2.45, 2.75) is 45.6 Å². The van der Waals surface area contributed by atoms with Crippen LogP contribution in [0.1, 0.15) is 38.8 Å². The fourth-order valence-corrected chi connectivity index (χ4v) is 2.42. The van der Waals surface area contributed by atoms with Crippen LogP contribution in [0.4, 0.5) is 5.82 Å². The van der Waals surface area contributed by atoms with Gasteiger partial charge in [-0.1, -0.05) is 0 Å². The fraction of sp³-hybridized carbons (Fsp3) is 0.714. The van der Waals surface area contributed by atoms with Gasteiger partial charge in [0, 0.05) is 6.04 Å². The lowest BCUT2D eigenvalue weighted by atomic mass is 9.95. The number of hydrogen-bond donors (Lipinski definition) is 2. The molecule has 4 heteroatoms. The van der Waals surface area contributed by atoms with E-state index in [1.807, 2.05) is 12.4 Å². The summed E-state index contributed by atoms with van der Waals surface area (Å²) in [6.45, 7) is 6.52. The molecule has 1 fully saturated rings. The van der Waals surface area contributed by atoms with Gasteiger partial charge in [-0.3, -0.25) is 4.98 Å². The summed E-state index contributed by atoms with van der Waals surface area (Å²) in [6.07, 6.45) is 8.68. The SMILES string of the molecule is CC(C)Nc1cnc(CC2CCCNCC2)cn1. The second-order valence-electron chi connectivity index (χ2n) is 5.44. The maximum atomic E-state index is 4.51. The van der Waals surface area contributed by atoms with Crippen molar-refractivity contribution in [2.24, 2.45) is 5.92 Å². The van der Waals surface area contributed by atoms with E-state index < -0.39 is 0 Å². The van der Waals surface area contributed by atoms with Crippen molar-refractivity contribution in [1.82, 2.24) is 15.3 Å². The highest BCUT2D eigenvalue weighted by molar-refractivity contribution is 5.31. The van der Waals surface area contributed by atoms with Crippen molar-refractivity contribution >= 4 is 5.82 Å². The molecule has 1 aromatic rings. The summed E-state index contributed by atoms with van der Waals surface area (Å²) >= 11 is 0. The van der Waals surface area contributed by atoms with Crippen molar-refractivity contribution in [3.05, 3.63) is 18.1 Å². The number of aromatic nitrogens is 2. The molecule has 0 bridgehead atoms. The highest BCUT2D eigenvalue weighted by atomic mass is 15.0. The Morgan fingerprint density at radius 1 is 1.28 bits per heavy atom. The highest BCUT2D eigenvalue weighted by Crippen LogP contribution is 2.18. The summed E-state index contributed by atoms with van der Waals surface area (Å²) in [5, 5.41) is 6.71. The Bertz CT molecular complexity index is 339. The van der Waals surface area contributed by atoms with Gasteiger partial charge in [-0.05, 0) is 58.5 Å². The van der Waals surface area contributed by atoms with Gasteiger partial charge in [-0.15, -0.1) is 0 Å². The van der Waals surface area contributed by atoms with Crippen LogP contribution in [0, 0.1) is 5.92 Å². The van der Waals surface area contributed by atoms with Gasteiger partial charge in [0.05, 0.1) is 18.1 Å². The largest absolute Gasteiger partial charge is 0.367 e. The van der Waals surface area contributed by atoms with Crippen LogP contribution < -0.4 is 10.6 Å². The molecule has 2 N–H and O–H groups in total. The van der Waals surface area contributed by atoms with Crippen LogP contribution in [0.2, 0.25) is 0 Å². The Morgan fingerprint density at radius 2 is 2.17 bits per heavy atom. The quantitative estimate of drug-likeness (QED) is 0.858. The molecule has 18 heavy (non-hydrogen) atoms. The molecule has 1 aliphatic heterocycles. The molecule has 1 saturated heterocycles. The van der Waals surface area contributed by atoms with Gasteiger partial charge in [0.2, 0.25) is 0 Å². The van der Waals surface area contributed by atoms with Gasteiger partial charge in [0.1, 0.15) is 5.82 Å². The van der Waals surface area contributed by atoms with Crippen LogP contribution in [0.15, 0.2) is 12.4 Å². The Balaban J connectivity index is 1.88. The minimum Gasteiger partial charge on any atom is -0.367 e. The van der Waals surface area contributed by atoms with Crippen LogP contribution in [0.3, 0.4) is 0 Å². The van der Waals surface area contributed by atoms with Crippen LogP contribution >= 0.6 is 0 Å². The summed E-state index contributed by atoms with van der Waals surface area (Å²) in [7, 11) is 0. The van der Waals surface area contributed by atoms with Crippen molar-refractivity contribution in [2.75, 3.05) is 18.4 Å². The van der Waals surface area contributed by atoms with Crippen molar-refractivity contribution < 1.29 is 0 Å². The standard InChI is InChI=1S/C14H24N4/c1-11(2)18-14-10-16-13(9-17-14)8-12-4-3-6-15-7-5-12/h9-12,15H,3-8H2,1-2H3,(H,17,18). The minimum absolute atomic E-state index is 0.401. The lowest BCUT2D eigenvalue weighted by molar-refractivity contribution is 0.464. The van der Waals surface area contributed by atoms with Gasteiger partial charge >= 0.3 is 0 Å². The highest BCUT2D eigenvalue weighted by Gasteiger charge is 2.13. The van der Waals surface area contributed by atoms with E-state index in [0.29, 0.717) is 6.04 Å². The molecular formula is C14H24N4. The van der Waals surface area contributed by atoms with E-state index in [9.17, 15) is 0 Å². The number of anilines is 1. The Hall–Kier alpha value is -1.16. The van der Waals surface area contributed by atoms with Gasteiger partial charge < -0.3 is 10.6 Å². The first-order valence-electron chi connectivity index (χ1n) is 7.02. The molecule has 0 amide bonds. The van der Waals surface area contributed by atoms with E-state index in [4.69, 9.17) is 0 Å². The van der Waals surface area contributed by atoms with Gasteiger partial charge in [0.25, 0.3) is 0 Å². The van der Waals surface area contributed by atoms with Crippen molar-refractivity contribution in [3.8, 4) is 0 Å². The maximum Gasteiger partial charge on any atom is 0.144 e. The van der Waals surface area contributed by atoms with Gasteiger partial charge in [0.15, 0.2) is 0 Å². The molecule has 2 heterocycles. The molecule has 0 saturated carbocycles. The number of rotatable bonds is 4. The number of hydrogen-bond acceptors (Lipinski definition) is 4. The zero-order valence-corrected chi connectivity index (χ0v) is 11.4. The second kappa shape index (κ2) is 6.69. The lowest BCUT2D eigenvalue weighted by Crippen LogP contribution is -2.15. The van der Waals surface area contributed by atoms with E-state index in [0.717, 1.165) is 30.4 Å². The second-order valence-corrected chi connectivity index (χ2v) is 5.44. The zero-order chi connectivity index (χ0) is 12.8. The summed E-state index contributed by atoms with van der Waals surface area (Å²) in [4.78, 5) is 8.93. The fourth-order valence-electron chi connectivity index (χ4n) is 2.42. The summed E-state index contributed by atoms with van der Waals surface area (Å²) in [5.74, 6) is 1.63. The monoisotopic (exact) mass is 248 g/mol. The van der Waals surface area contributed by atoms with E-state index in [1.54, 1.807) is 0 Å². The summed E-state index contributed by atoms with van der Waals surface area (Å²) in [6, 6.07) is 0.401. The van der Waals surface area contributed by atoms with Crippen LogP contribution in [0.25, 0.3) is 0 Å². The van der Waals surface area contributed by atoms with Crippen molar-refractivity contribution in [3.63, 3.8) is 0 Å². The Kier molecular flexibility index (Phi) is 4.93. The van der Waals surface area contributed by atoms with E-state index in [2.05, 4.69) is 34.4 Å². The van der Waals surface area contributed by atoms with Crippen LogP contribution in [-0.4, -0.2) is 29.1 Å². The smallest absolute Gasteiger partial charge is 0.144 e. The molecular weight excluding hydrogens is 224 g/mol. The van der Waals surface area contributed by atoms with E-state index in [-0.39, 0.29) is 0 Å². The van der Waals surface area contributed by atoms with E-state index >= 15 is 0 Å². The summed E-state index contributed by atoms with van der Waals surface area (Å²) < 4.78 is 0. The number of nitrogens with zero attached hydrogens (tertiary/aromatic N) is 2. The molecule has 0 aliphatic carbocycles. The molecule has 0 radical (unpaired) electrons. The topological polar surface area (TPSA) is 49.8 Å². The third-order valence-corrected chi connectivity index (χ3v) is 3.33. The minimum atomic E-state index is 0.401. The van der Waals surface area contributed by atoms with E-state index in [1.165, 1.54) is 25.8 Å². The molecule has 1 aliphatic rings. The predicted molar refractivity (Wildman–Crippen MR) is 74.7 cm³/mol. The van der Waals surface area contributed by atoms with Crippen LogP contribution in [0.5, 0.6) is 0 Å². The normalized spacial score (nSPS) is 20.7. The molecule has 4 nitrogen and oxygen atoms in total. The molecule has 1 aromatic heterocycles. The van der Waals surface area contributed by atoms with Gasteiger partial charge in [-0.2, -0.15) is 0 Å². The zero-order valence-electron chi connectivity index (χ0n) is 11.4. The molecule has 100 valence electrons. The first-order valence-corrected chi connectivity index (χ1v) is 7.02. The molecule has 1 atom stereocenters. The third kappa shape index (κ3) is 4.26. The first-order chi connectivity index (χ1) is 8.74. The molecule has 0 spiro atoms. The number of nitrogens with one attached hydrogen (secondary N) is 2.